The van der Waals surface area contributed by atoms with E-state index in [-0.39, 0.29) is 0 Å². The molecule has 0 aliphatic heterocycles. The molecule has 0 atom stereocenters. The van der Waals surface area contributed by atoms with Crippen LogP contribution in [0.15, 0.2) is 11.2 Å². The molecule has 58 valence electrons. The van der Waals surface area contributed by atoms with Crippen LogP contribution in [0, 0.1) is 6.92 Å². The monoisotopic (exact) mass is 151 g/mol. The molecule has 0 spiro atoms. The quantitative estimate of drug-likeness (QED) is 0.458. The van der Waals surface area contributed by atoms with E-state index in [9.17, 15) is 4.79 Å². The largest absolute Gasteiger partial charge is 0.275 e. The van der Waals surface area contributed by atoms with Crippen molar-refractivity contribution in [3.8, 4) is 0 Å². The van der Waals surface area contributed by atoms with Crippen molar-refractivity contribution in [1.29, 1.82) is 0 Å². The fourth-order valence-electron chi connectivity index (χ4n) is 0.921. The summed E-state index contributed by atoms with van der Waals surface area (Å²) in [4.78, 5) is 13.2. The Balaban J connectivity index is 2.85. The zero-order chi connectivity index (χ0) is 8.27. The molecule has 4 heteroatoms. The standard InChI is InChI=1S/C7H9N3O/c1-6-7(3-8-5-11)4-10(2)9-6/h4H,3H2,1-2H3. The van der Waals surface area contributed by atoms with Gasteiger partial charge in [-0.15, -0.1) is 0 Å². The zero-order valence-electron chi connectivity index (χ0n) is 6.53. The van der Waals surface area contributed by atoms with E-state index in [0.717, 1.165) is 11.3 Å². The van der Waals surface area contributed by atoms with Gasteiger partial charge in [-0.3, -0.25) is 4.68 Å². The van der Waals surface area contributed by atoms with Gasteiger partial charge in [0.15, 0.2) is 0 Å². The van der Waals surface area contributed by atoms with E-state index >= 15 is 0 Å². The minimum absolute atomic E-state index is 0.378. The third-order valence-corrected chi connectivity index (χ3v) is 1.43. The number of nitrogens with zero attached hydrogens (tertiary/aromatic N) is 3. The molecule has 4 nitrogen and oxygen atoms in total. The molecule has 0 aromatic carbocycles. The van der Waals surface area contributed by atoms with Crippen molar-refractivity contribution >= 4 is 6.08 Å². The Labute approximate surface area is 64.6 Å². The van der Waals surface area contributed by atoms with Crippen LogP contribution in [0.3, 0.4) is 0 Å². The summed E-state index contributed by atoms with van der Waals surface area (Å²) in [6.07, 6.45) is 3.33. The maximum Gasteiger partial charge on any atom is 0.235 e. The fraction of sp³-hybridized carbons (Fsp3) is 0.429. The first-order valence-electron chi connectivity index (χ1n) is 3.27. The fourth-order valence-corrected chi connectivity index (χ4v) is 0.921. The van der Waals surface area contributed by atoms with Crippen LogP contribution in [-0.4, -0.2) is 15.9 Å². The van der Waals surface area contributed by atoms with Gasteiger partial charge in [0.25, 0.3) is 0 Å². The third-order valence-electron chi connectivity index (χ3n) is 1.43. The number of rotatable bonds is 2. The summed E-state index contributed by atoms with van der Waals surface area (Å²) in [5, 5.41) is 4.09. The molecule has 0 fully saturated rings. The Hall–Kier alpha value is -1.41. The van der Waals surface area contributed by atoms with E-state index in [1.807, 2.05) is 20.2 Å². The Kier molecular flexibility index (Phi) is 2.18. The summed E-state index contributed by atoms with van der Waals surface area (Å²) in [6.45, 7) is 2.26. The second-order valence-corrected chi connectivity index (χ2v) is 2.32. The van der Waals surface area contributed by atoms with Gasteiger partial charge in [-0.2, -0.15) is 5.10 Å². The highest BCUT2D eigenvalue weighted by molar-refractivity contribution is 5.33. The van der Waals surface area contributed by atoms with Gasteiger partial charge in [0.1, 0.15) is 0 Å². The zero-order valence-corrected chi connectivity index (χ0v) is 6.53. The Bertz CT molecular complexity index is 297. The van der Waals surface area contributed by atoms with Crippen LogP contribution in [0.25, 0.3) is 0 Å². The second kappa shape index (κ2) is 3.12. The Morgan fingerprint density at radius 1 is 1.82 bits per heavy atom. The number of isocyanates is 1. The van der Waals surface area contributed by atoms with Crippen LogP contribution < -0.4 is 0 Å². The van der Waals surface area contributed by atoms with E-state index in [2.05, 4.69) is 10.1 Å². The maximum absolute atomic E-state index is 9.78. The van der Waals surface area contributed by atoms with Gasteiger partial charge in [-0.05, 0) is 6.92 Å². The van der Waals surface area contributed by atoms with E-state index in [1.165, 1.54) is 6.08 Å². The first-order valence-corrected chi connectivity index (χ1v) is 3.27. The highest BCUT2D eigenvalue weighted by Gasteiger charge is 2.00. The van der Waals surface area contributed by atoms with Crippen LogP contribution in [0.4, 0.5) is 0 Å². The van der Waals surface area contributed by atoms with Crippen molar-refractivity contribution in [3.05, 3.63) is 17.5 Å². The minimum Gasteiger partial charge on any atom is -0.275 e. The van der Waals surface area contributed by atoms with Crippen molar-refractivity contribution < 1.29 is 4.79 Å². The van der Waals surface area contributed by atoms with Gasteiger partial charge in [0, 0.05) is 18.8 Å². The molecular formula is C7H9N3O. The summed E-state index contributed by atoms with van der Waals surface area (Å²) in [7, 11) is 1.83. The van der Waals surface area contributed by atoms with Gasteiger partial charge in [0.2, 0.25) is 6.08 Å². The van der Waals surface area contributed by atoms with Crippen LogP contribution in [0.1, 0.15) is 11.3 Å². The molecule has 1 heterocycles. The molecule has 0 saturated carbocycles. The molecule has 0 aliphatic carbocycles. The Morgan fingerprint density at radius 2 is 2.55 bits per heavy atom. The second-order valence-electron chi connectivity index (χ2n) is 2.32. The lowest BCUT2D eigenvalue weighted by Crippen LogP contribution is -1.86. The summed E-state index contributed by atoms with van der Waals surface area (Å²) in [5.74, 6) is 0. The van der Waals surface area contributed by atoms with E-state index in [1.54, 1.807) is 4.68 Å². The van der Waals surface area contributed by atoms with Gasteiger partial charge in [0.05, 0.1) is 12.2 Å². The van der Waals surface area contributed by atoms with Crippen molar-refractivity contribution in [1.82, 2.24) is 9.78 Å². The van der Waals surface area contributed by atoms with E-state index in [0.29, 0.717) is 6.54 Å². The van der Waals surface area contributed by atoms with Crippen LogP contribution in [0.5, 0.6) is 0 Å². The smallest absolute Gasteiger partial charge is 0.235 e. The molecule has 0 radical (unpaired) electrons. The van der Waals surface area contributed by atoms with Crippen molar-refractivity contribution in [2.24, 2.45) is 12.0 Å². The first kappa shape index (κ1) is 7.69. The molecule has 0 N–H and O–H groups in total. The number of aryl methyl sites for hydroxylation is 2. The van der Waals surface area contributed by atoms with Crippen LogP contribution >= 0.6 is 0 Å². The summed E-state index contributed by atoms with van der Waals surface area (Å²) in [6, 6.07) is 0. The van der Waals surface area contributed by atoms with Gasteiger partial charge in [-0.25, -0.2) is 9.79 Å². The van der Waals surface area contributed by atoms with Gasteiger partial charge < -0.3 is 0 Å². The lowest BCUT2D eigenvalue weighted by Gasteiger charge is -1.85. The number of hydrogen-bond donors (Lipinski definition) is 0. The highest BCUT2D eigenvalue weighted by atomic mass is 16.1. The predicted molar refractivity (Wildman–Crippen MR) is 39.8 cm³/mol. The van der Waals surface area contributed by atoms with Crippen molar-refractivity contribution in [2.45, 2.75) is 13.5 Å². The lowest BCUT2D eigenvalue weighted by molar-refractivity contribution is 0.562. The van der Waals surface area contributed by atoms with Crippen molar-refractivity contribution in [2.75, 3.05) is 0 Å². The number of aromatic nitrogens is 2. The average molecular weight is 151 g/mol. The summed E-state index contributed by atoms with van der Waals surface area (Å²) >= 11 is 0. The minimum atomic E-state index is 0.378. The molecule has 0 aliphatic rings. The molecular weight excluding hydrogens is 142 g/mol. The van der Waals surface area contributed by atoms with E-state index < -0.39 is 0 Å². The first-order chi connectivity index (χ1) is 5.24. The maximum atomic E-state index is 9.78. The molecule has 1 aromatic rings. The lowest BCUT2D eigenvalue weighted by atomic mass is 10.3. The molecule has 0 saturated heterocycles. The SMILES string of the molecule is Cc1nn(C)cc1CN=C=O. The molecule has 0 bridgehead atoms. The topological polar surface area (TPSA) is 47.2 Å². The molecule has 1 aromatic heterocycles. The number of carbonyl (C=O) groups excluding carboxylic acids is 1. The average Bonchev–Trinajstić information content (AvgIpc) is 2.26. The summed E-state index contributed by atoms with van der Waals surface area (Å²) in [5.41, 5.74) is 1.88. The summed E-state index contributed by atoms with van der Waals surface area (Å²) < 4.78 is 1.70. The Morgan fingerprint density at radius 3 is 3.00 bits per heavy atom. The van der Waals surface area contributed by atoms with Gasteiger partial charge in [-0.1, -0.05) is 0 Å². The van der Waals surface area contributed by atoms with Crippen LogP contribution in [-0.2, 0) is 18.4 Å². The van der Waals surface area contributed by atoms with Crippen LogP contribution in [0.2, 0.25) is 0 Å². The van der Waals surface area contributed by atoms with Gasteiger partial charge >= 0.3 is 0 Å². The highest BCUT2D eigenvalue weighted by Crippen LogP contribution is 2.04. The normalized spacial score (nSPS) is 9.27. The molecule has 1 rings (SSSR count). The predicted octanol–water partition coefficient (Wildman–Crippen LogP) is 0.564. The van der Waals surface area contributed by atoms with E-state index in [4.69, 9.17) is 0 Å². The third kappa shape index (κ3) is 1.75. The number of hydrogen-bond acceptors (Lipinski definition) is 3. The molecule has 11 heavy (non-hydrogen) atoms. The molecule has 0 amide bonds. The molecule has 0 unspecified atom stereocenters. The number of aliphatic imine (C=N–C) groups is 1. The van der Waals surface area contributed by atoms with Crippen molar-refractivity contribution in [3.63, 3.8) is 0 Å².